The predicted molar refractivity (Wildman–Crippen MR) is 115 cm³/mol. The molecule has 0 spiro atoms. The van der Waals surface area contributed by atoms with Crippen molar-refractivity contribution in [1.82, 2.24) is 4.90 Å². The monoisotopic (exact) mass is 466 g/mol. The second-order valence-electron chi connectivity index (χ2n) is 7.23. The number of fused-ring (bicyclic) bond motifs is 1. The maximum absolute atomic E-state index is 13.3. The van der Waals surface area contributed by atoms with Gasteiger partial charge in [-0.3, -0.25) is 24.9 Å². The number of thioether (sulfide) groups is 1. The van der Waals surface area contributed by atoms with Gasteiger partial charge in [0.2, 0.25) is 5.66 Å². The molecular formula is C21H26N2O8S. The maximum atomic E-state index is 13.3. The summed E-state index contributed by atoms with van der Waals surface area (Å²) >= 11 is 0.606. The summed E-state index contributed by atoms with van der Waals surface area (Å²) in [5.74, 6) is -6.01. The largest absolute Gasteiger partial charge is 0.478 e. The number of benzene rings is 1. The Morgan fingerprint density at radius 1 is 1.12 bits per heavy atom. The zero-order chi connectivity index (χ0) is 24.2. The quantitative estimate of drug-likeness (QED) is 0.360. The first-order chi connectivity index (χ1) is 15.1. The van der Waals surface area contributed by atoms with Crippen molar-refractivity contribution < 1.29 is 38.6 Å². The van der Waals surface area contributed by atoms with Crippen molar-refractivity contribution in [3.8, 4) is 0 Å². The number of aliphatic carboxylic acids is 1. The second-order valence-corrected chi connectivity index (χ2v) is 8.58. The van der Waals surface area contributed by atoms with Crippen LogP contribution in [0.1, 0.15) is 47.4 Å². The molecule has 11 heteroatoms. The van der Waals surface area contributed by atoms with Crippen LogP contribution in [0.3, 0.4) is 0 Å². The van der Waals surface area contributed by atoms with Crippen LogP contribution in [0, 0.1) is 5.92 Å². The Balaban J connectivity index is 2.75. The summed E-state index contributed by atoms with van der Waals surface area (Å²) in [6, 6.07) is 5.78. The lowest BCUT2D eigenvalue weighted by Crippen LogP contribution is -2.72. The minimum atomic E-state index is -2.80. The number of carboxylic acids is 1. The fourth-order valence-electron chi connectivity index (χ4n) is 3.81. The minimum Gasteiger partial charge on any atom is -0.478 e. The smallest absolute Gasteiger partial charge is 0.346 e. The first-order valence-corrected chi connectivity index (χ1v) is 10.7. The number of hydrogen-bond acceptors (Lipinski definition) is 9. The van der Waals surface area contributed by atoms with Crippen LogP contribution in [0.15, 0.2) is 24.3 Å². The van der Waals surface area contributed by atoms with Crippen molar-refractivity contribution in [2.24, 2.45) is 11.7 Å². The van der Waals surface area contributed by atoms with E-state index in [0.29, 0.717) is 23.1 Å². The summed E-state index contributed by atoms with van der Waals surface area (Å²) in [6.45, 7) is 2.93. The van der Waals surface area contributed by atoms with Crippen LogP contribution in [-0.2, 0) is 23.9 Å². The third kappa shape index (κ3) is 4.46. The van der Waals surface area contributed by atoms with Gasteiger partial charge in [0.05, 0.1) is 22.3 Å². The van der Waals surface area contributed by atoms with Gasteiger partial charge >= 0.3 is 5.97 Å². The average Bonchev–Trinajstić information content (AvgIpc) is 2.99. The molecule has 0 aromatic heterocycles. The number of Topliss-reactive ketones (excluding diaryl/α,β-unsaturated/α-hetero) is 1. The number of amides is 2. The highest BCUT2D eigenvalue weighted by Crippen LogP contribution is 2.39. The Morgan fingerprint density at radius 2 is 1.62 bits per heavy atom. The molecule has 1 aromatic carbocycles. The van der Waals surface area contributed by atoms with E-state index >= 15 is 0 Å². The first-order valence-electron chi connectivity index (χ1n) is 9.81. The molecule has 0 aliphatic carbocycles. The van der Waals surface area contributed by atoms with Gasteiger partial charge in [-0.1, -0.05) is 30.8 Å². The molecule has 0 radical (unpaired) electrons. The standard InChI is InChI=1S/C21H26N2O8S/c1-5-8-14(25)15(16(32-11(2)24)19(30-3)31-4)21(22,20(28)29)23-17(26)12-9-6-7-10-13(12)18(23)27/h6-7,9-10,15-16,19H,5,8,22H2,1-4H3,(H,28,29). The van der Waals surface area contributed by atoms with Crippen molar-refractivity contribution in [1.29, 1.82) is 0 Å². The van der Waals surface area contributed by atoms with E-state index in [1.807, 2.05) is 0 Å². The highest BCUT2D eigenvalue weighted by atomic mass is 32.2. The minimum absolute atomic E-state index is 0.0268. The van der Waals surface area contributed by atoms with E-state index in [1.54, 1.807) is 6.92 Å². The van der Waals surface area contributed by atoms with Gasteiger partial charge in [0.15, 0.2) is 11.4 Å². The summed E-state index contributed by atoms with van der Waals surface area (Å²) in [5, 5.41) is 8.49. The zero-order valence-corrected chi connectivity index (χ0v) is 19.0. The molecule has 2 amide bonds. The number of imide groups is 1. The van der Waals surface area contributed by atoms with E-state index < -0.39 is 51.8 Å². The molecule has 32 heavy (non-hydrogen) atoms. The van der Waals surface area contributed by atoms with Crippen molar-refractivity contribution in [2.45, 2.75) is 43.9 Å². The number of carbonyl (C=O) groups is 5. The Bertz CT molecular complexity index is 897. The molecule has 0 fully saturated rings. The molecule has 0 saturated heterocycles. The van der Waals surface area contributed by atoms with Crippen molar-refractivity contribution in [3.63, 3.8) is 0 Å². The lowest BCUT2D eigenvalue weighted by molar-refractivity contribution is -0.161. The van der Waals surface area contributed by atoms with Crippen molar-refractivity contribution in [2.75, 3.05) is 14.2 Å². The van der Waals surface area contributed by atoms with Crippen molar-refractivity contribution >= 4 is 40.4 Å². The van der Waals surface area contributed by atoms with Gasteiger partial charge in [-0.25, -0.2) is 9.69 Å². The van der Waals surface area contributed by atoms with Crippen LogP contribution in [0.25, 0.3) is 0 Å². The van der Waals surface area contributed by atoms with Crippen LogP contribution >= 0.6 is 11.8 Å². The van der Waals surface area contributed by atoms with Gasteiger partial charge in [-0.05, 0) is 18.6 Å². The Morgan fingerprint density at radius 3 is 2.00 bits per heavy atom. The summed E-state index contributed by atoms with van der Waals surface area (Å²) in [5.41, 5.74) is 3.48. The van der Waals surface area contributed by atoms with Gasteiger partial charge < -0.3 is 14.6 Å². The summed E-state index contributed by atoms with van der Waals surface area (Å²) in [7, 11) is 2.51. The van der Waals surface area contributed by atoms with Gasteiger partial charge in [0.1, 0.15) is 5.78 Å². The molecule has 3 N–H and O–H groups in total. The fraction of sp³-hybridized carbons (Fsp3) is 0.476. The summed E-state index contributed by atoms with van der Waals surface area (Å²) in [6.07, 6.45) is -0.989. The van der Waals surface area contributed by atoms with Crippen molar-refractivity contribution in [3.05, 3.63) is 35.4 Å². The van der Waals surface area contributed by atoms with Crippen LogP contribution in [0.4, 0.5) is 0 Å². The predicted octanol–water partition coefficient (Wildman–Crippen LogP) is 1.27. The summed E-state index contributed by atoms with van der Waals surface area (Å²) in [4.78, 5) is 64.5. The third-order valence-corrected chi connectivity index (χ3v) is 6.29. The van der Waals surface area contributed by atoms with Gasteiger partial charge in [0.25, 0.3) is 11.8 Å². The lowest BCUT2D eigenvalue weighted by atomic mass is 9.82. The number of ether oxygens (including phenoxy) is 2. The Labute approximate surface area is 189 Å². The van der Waals surface area contributed by atoms with E-state index in [9.17, 15) is 29.1 Å². The molecule has 174 valence electrons. The molecule has 2 rings (SSSR count). The molecule has 1 aliphatic heterocycles. The van der Waals surface area contributed by atoms with E-state index in [0.717, 1.165) is 0 Å². The number of ketones is 1. The van der Waals surface area contributed by atoms with E-state index in [-0.39, 0.29) is 17.5 Å². The van der Waals surface area contributed by atoms with Crippen LogP contribution in [0.5, 0.6) is 0 Å². The maximum Gasteiger partial charge on any atom is 0.346 e. The van der Waals surface area contributed by atoms with E-state index in [1.165, 1.54) is 45.4 Å². The van der Waals surface area contributed by atoms with Gasteiger partial charge in [-0.2, -0.15) is 0 Å². The number of nitrogens with two attached hydrogens (primary N) is 1. The van der Waals surface area contributed by atoms with E-state index in [4.69, 9.17) is 15.2 Å². The number of carboxylic acid groups (broad SMARTS) is 1. The Hall–Kier alpha value is -2.60. The molecule has 0 saturated carbocycles. The third-order valence-electron chi connectivity index (χ3n) is 5.19. The van der Waals surface area contributed by atoms with E-state index in [2.05, 4.69) is 0 Å². The number of hydrogen-bond donors (Lipinski definition) is 2. The van der Waals surface area contributed by atoms with Gasteiger partial charge in [0, 0.05) is 27.6 Å². The fourth-order valence-corrected chi connectivity index (χ4v) is 5.02. The normalized spacial score (nSPS) is 17.1. The summed E-state index contributed by atoms with van der Waals surface area (Å²) < 4.78 is 10.5. The highest BCUT2D eigenvalue weighted by Gasteiger charge is 2.61. The molecule has 1 aromatic rings. The van der Waals surface area contributed by atoms with Gasteiger partial charge in [-0.15, -0.1) is 0 Å². The van der Waals surface area contributed by atoms with Crippen LogP contribution in [-0.4, -0.2) is 70.1 Å². The first kappa shape index (κ1) is 25.7. The molecule has 3 atom stereocenters. The number of nitrogens with zero attached hydrogens (tertiary/aromatic N) is 1. The SMILES string of the molecule is CCCC(=O)C(C(SC(C)=O)C(OC)OC)C(N)(C(=O)O)N1C(=O)c2ccccc2C1=O. The Kier molecular flexibility index (Phi) is 8.29. The molecule has 3 unspecified atom stereocenters. The number of methoxy groups -OCH3 is 2. The number of rotatable bonds is 11. The van der Waals surface area contributed by atoms with Crippen LogP contribution < -0.4 is 5.73 Å². The second kappa shape index (κ2) is 10.3. The van der Waals surface area contributed by atoms with Crippen LogP contribution in [0.2, 0.25) is 0 Å². The topological polar surface area (TPSA) is 153 Å². The number of carbonyl (C=O) groups excluding carboxylic acids is 4. The molecule has 10 nitrogen and oxygen atoms in total. The zero-order valence-electron chi connectivity index (χ0n) is 18.2. The molecule has 1 aliphatic rings. The molecule has 0 bridgehead atoms. The lowest BCUT2D eigenvalue weighted by Gasteiger charge is -2.42. The molecular weight excluding hydrogens is 440 g/mol. The average molecular weight is 467 g/mol. The molecule has 1 heterocycles. The highest BCUT2D eigenvalue weighted by molar-refractivity contribution is 8.14.